The molecule has 0 aromatic carbocycles. The topological polar surface area (TPSA) is 36.9 Å². The van der Waals surface area contributed by atoms with Crippen molar-refractivity contribution < 1.29 is 18.9 Å². The fraction of sp³-hybridized carbons (Fsp3) is 1.00. The van der Waals surface area contributed by atoms with Gasteiger partial charge in [0.25, 0.3) is 0 Å². The van der Waals surface area contributed by atoms with Crippen molar-refractivity contribution in [3.63, 3.8) is 0 Å². The first-order valence-electron chi connectivity index (χ1n) is 10.2. The molecule has 0 saturated heterocycles. The van der Waals surface area contributed by atoms with Crippen molar-refractivity contribution in [2.24, 2.45) is 10.8 Å². The highest BCUT2D eigenvalue weighted by Crippen LogP contribution is 2.38. The summed E-state index contributed by atoms with van der Waals surface area (Å²) in [7, 11) is 3.39. The van der Waals surface area contributed by atoms with Crippen LogP contribution in [-0.2, 0) is 18.9 Å². The molecule has 160 valence electrons. The maximum absolute atomic E-state index is 5.97. The van der Waals surface area contributed by atoms with E-state index in [4.69, 9.17) is 18.9 Å². The van der Waals surface area contributed by atoms with Crippen LogP contribution in [-0.4, -0.2) is 39.0 Å². The van der Waals surface area contributed by atoms with Gasteiger partial charge >= 0.3 is 0 Å². The standard InChI is InChI=1S/C13H28O2.C9H20O2/c1-7-10-14-13(9-3,12(4,5)6)15-11-8-2;1-7-9(10-5,11-6)8(2,3)4/h7-11H2,1-6H3;7H2,1-6H3. The minimum Gasteiger partial charge on any atom is -0.353 e. The number of hydrogen-bond donors (Lipinski definition) is 0. The molecule has 0 aliphatic heterocycles. The van der Waals surface area contributed by atoms with Crippen molar-refractivity contribution in [3.05, 3.63) is 0 Å². The van der Waals surface area contributed by atoms with E-state index in [1.165, 1.54) is 0 Å². The molecule has 0 heterocycles. The summed E-state index contributed by atoms with van der Waals surface area (Å²) in [5.41, 5.74) is 0.0390. The third-order valence-corrected chi connectivity index (χ3v) is 4.95. The second-order valence-corrected chi connectivity index (χ2v) is 8.82. The van der Waals surface area contributed by atoms with Crippen molar-refractivity contribution >= 4 is 0 Å². The average Bonchev–Trinajstić information content (AvgIpc) is 2.56. The van der Waals surface area contributed by atoms with Crippen LogP contribution in [0, 0.1) is 10.8 Å². The summed E-state index contributed by atoms with van der Waals surface area (Å²) in [5.74, 6) is -0.855. The third kappa shape index (κ3) is 7.84. The molecule has 0 aromatic heterocycles. The van der Waals surface area contributed by atoms with Crippen molar-refractivity contribution in [1.82, 2.24) is 0 Å². The van der Waals surface area contributed by atoms with Crippen LogP contribution >= 0.6 is 0 Å². The van der Waals surface area contributed by atoms with Crippen molar-refractivity contribution in [2.75, 3.05) is 27.4 Å². The van der Waals surface area contributed by atoms with E-state index in [2.05, 4.69) is 69.2 Å². The van der Waals surface area contributed by atoms with Crippen molar-refractivity contribution in [1.29, 1.82) is 0 Å². The summed E-state index contributed by atoms with van der Waals surface area (Å²) in [6, 6.07) is 0. The van der Waals surface area contributed by atoms with Gasteiger partial charge in [0.15, 0.2) is 11.6 Å². The van der Waals surface area contributed by atoms with Crippen LogP contribution < -0.4 is 0 Å². The molecular formula is C22H48O4. The molecule has 26 heavy (non-hydrogen) atoms. The first kappa shape index (κ1) is 28.1. The molecule has 0 aromatic rings. The predicted molar refractivity (Wildman–Crippen MR) is 111 cm³/mol. The van der Waals surface area contributed by atoms with Crippen LogP contribution in [0.4, 0.5) is 0 Å². The molecular weight excluding hydrogens is 328 g/mol. The number of hydrogen-bond acceptors (Lipinski definition) is 4. The van der Waals surface area contributed by atoms with Gasteiger partial charge < -0.3 is 18.9 Å². The van der Waals surface area contributed by atoms with Gasteiger partial charge in [-0.05, 0) is 25.7 Å². The molecule has 0 saturated carbocycles. The molecule has 0 spiro atoms. The summed E-state index contributed by atoms with van der Waals surface area (Å²) in [6.07, 6.45) is 3.83. The largest absolute Gasteiger partial charge is 0.353 e. The van der Waals surface area contributed by atoms with E-state index in [1.807, 2.05) is 0 Å². The Labute approximate surface area is 164 Å². The summed E-state index contributed by atoms with van der Waals surface area (Å²) in [5, 5.41) is 0. The normalized spacial score (nSPS) is 13.4. The SMILES string of the molecule is CCC(OC)(OC)C(C)(C)C.CCCOC(CC)(OCCC)C(C)(C)C. The first-order chi connectivity index (χ1) is 11.9. The van der Waals surface area contributed by atoms with Gasteiger partial charge in [-0.1, -0.05) is 69.2 Å². The van der Waals surface area contributed by atoms with Crippen LogP contribution in [0.2, 0.25) is 0 Å². The zero-order chi connectivity index (χ0) is 21.1. The molecule has 0 radical (unpaired) electrons. The second kappa shape index (κ2) is 12.3. The highest BCUT2D eigenvalue weighted by Gasteiger charge is 2.42. The van der Waals surface area contributed by atoms with Gasteiger partial charge in [0.2, 0.25) is 0 Å². The van der Waals surface area contributed by atoms with Gasteiger partial charge in [0.05, 0.1) is 0 Å². The lowest BCUT2D eigenvalue weighted by atomic mass is 9.83. The van der Waals surface area contributed by atoms with Crippen LogP contribution in [0.15, 0.2) is 0 Å². The highest BCUT2D eigenvalue weighted by atomic mass is 16.7. The molecule has 0 aliphatic carbocycles. The first-order valence-corrected chi connectivity index (χ1v) is 10.2. The monoisotopic (exact) mass is 376 g/mol. The summed E-state index contributed by atoms with van der Waals surface area (Å²) >= 11 is 0. The van der Waals surface area contributed by atoms with Crippen LogP contribution in [0.1, 0.15) is 94.9 Å². The maximum atomic E-state index is 5.97. The molecule has 0 bridgehead atoms. The van der Waals surface area contributed by atoms with Crippen LogP contribution in [0.25, 0.3) is 0 Å². The number of methoxy groups -OCH3 is 2. The lowest BCUT2D eigenvalue weighted by Gasteiger charge is -2.43. The minimum atomic E-state index is -0.437. The molecule has 4 heteroatoms. The van der Waals surface area contributed by atoms with E-state index in [1.54, 1.807) is 14.2 Å². The van der Waals surface area contributed by atoms with Gasteiger partial charge in [0, 0.05) is 38.3 Å². The van der Waals surface area contributed by atoms with E-state index in [9.17, 15) is 0 Å². The van der Waals surface area contributed by atoms with Gasteiger partial charge in [0.1, 0.15) is 0 Å². The van der Waals surface area contributed by atoms with E-state index in [0.717, 1.165) is 38.9 Å². The zero-order valence-corrected chi connectivity index (χ0v) is 19.9. The maximum Gasteiger partial charge on any atom is 0.172 e. The quantitative estimate of drug-likeness (QED) is 0.412. The van der Waals surface area contributed by atoms with E-state index in [0.29, 0.717) is 0 Å². The molecule has 0 rings (SSSR count). The fourth-order valence-electron chi connectivity index (χ4n) is 3.26. The second-order valence-electron chi connectivity index (χ2n) is 8.82. The van der Waals surface area contributed by atoms with Gasteiger partial charge in [-0.2, -0.15) is 0 Å². The Hall–Kier alpha value is -0.160. The lowest BCUT2D eigenvalue weighted by molar-refractivity contribution is -0.290. The summed E-state index contributed by atoms with van der Waals surface area (Å²) < 4.78 is 22.7. The molecule has 0 atom stereocenters. The molecule has 0 fully saturated rings. The Bertz CT molecular complexity index is 319. The Morgan fingerprint density at radius 1 is 0.538 bits per heavy atom. The van der Waals surface area contributed by atoms with Gasteiger partial charge in [-0.25, -0.2) is 0 Å². The zero-order valence-electron chi connectivity index (χ0n) is 19.9. The summed E-state index contributed by atoms with van der Waals surface area (Å²) in [6.45, 7) is 22.9. The molecule has 0 N–H and O–H groups in total. The van der Waals surface area contributed by atoms with E-state index in [-0.39, 0.29) is 10.8 Å². The molecule has 0 aliphatic rings. The van der Waals surface area contributed by atoms with Crippen LogP contribution in [0.5, 0.6) is 0 Å². The Morgan fingerprint density at radius 2 is 0.846 bits per heavy atom. The highest BCUT2D eigenvalue weighted by molar-refractivity contribution is 4.83. The van der Waals surface area contributed by atoms with Gasteiger partial charge in [-0.15, -0.1) is 0 Å². The molecule has 0 unspecified atom stereocenters. The van der Waals surface area contributed by atoms with Crippen LogP contribution in [0.3, 0.4) is 0 Å². The fourth-order valence-corrected chi connectivity index (χ4v) is 3.26. The lowest BCUT2D eigenvalue weighted by Crippen LogP contribution is -2.48. The van der Waals surface area contributed by atoms with E-state index < -0.39 is 11.6 Å². The summed E-state index contributed by atoms with van der Waals surface area (Å²) in [4.78, 5) is 0. The van der Waals surface area contributed by atoms with E-state index >= 15 is 0 Å². The average molecular weight is 377 g/mol. The Kier molecular flexibility index (Phi) is 13.3. The number of rotatable bonds is 10. The minimum absolute atomic E-state index is 0.0191. The van der Waals surface area contributed by atoms with Gasteiger partial charge in [-0.3, -0.25) is 0 Å². The smallest absolute Gasteiger partial charge is 0.172 e. The molecule has 0 amide bonds. The predicted octanol–water partition coefficient (Wildman–Crippen LogP) is 6.42. The third-order valence-electron chi connectivity index (χ3n) is 4.95. The Balaban J connectivity index is 0. The van der Waals surface area contributed by atoms with Crippen molar-refractivity contribution in [2.45, 2.75) is 106 Å². The number of ether oxygens (including phenoxy) is 4. The Morgan fingerprint density at radius 3 is 0.962 bits per heavy atom. The molecule has 4 nitrogen and oxygen atoms in total. The van der Waals surface area contributed by atoms with Crippen molar-refractivity contribution in [3.8, 4) is 0 Å².